The second-order valence-electron chi connectivity index (χ2n) is 2.62. The summed E-state index contributed by atoms with van der Waals surface area (Å²) in [5, 5.41) is 6.74. The summed E-state index contributed by atoms with van der Waals surface area (Å²) in [6, 6.07) is 1.32. The second kappa shape index (κ2) is 5.69. The summed E-state index contributed by atoms with van der Waals surface area (Å²) in [4.78, 5) is 0. The molecule has 2 N–H and O–H groups in total. The summed E-state index contributed by atoms with van der Waals surface area (Å²) in [7, 11) is 0. The minimum Gasteiger partial charge on any atom is -0.311 e. The van der Waals surface area contributed by atoms with Gasteiger partial charge in [0.2, 0.25) is 0 Å². The molecular weight excluding hydrogens is 124 g/mol. The van der Waals surface area contributed by atoms with E-state index in [-0.39, 0.29) is 0 Å². The minimum atomic E-state index is 0.659. The maximum atomic E-state index is 3.37. The summed E-state index contributed by atoms with van der Waals surface area (Å²) >= 11 is 0. The van der Waals surface area contributed by atoms with Gasteiger partial charge in [-0.05, 0) is 13.8 Å². The van der Waals surface area contributed by atoms with Gasteiger partial charge in [0.1, 0.15) is 0 Å². The zero-order chi connectivity index (χ0) is 7.98. The van der Waals surface area contributed by atoms with Crippen LogP contribution in [0.1, 0.15) is 27.7 Å². The molecule has 0 amide bonds. The van der Waals surface area contributed by atoms with Crippen LogP contribution >= 0.6 is 0 Å². The standard InChI is InChI=1S/C6H14N2.C2H6/c1-5-3-8-6(2)4-7-5;1-2/h5-8H,3-4H2,1-2H3;1-2H3. The Bertz CT molecular complexity index is 55.7. The normalized spacial score (nSPS) is 32.4. The van der Waals surface area contributed by atoms with Gasteiger partial charge in [0.15, 0.2) is 0 Å². The van der Waals surface area contributed by atoms with Crippen LogP contribution in [0.15, 0.2) is 0 Å². The highest BCUT2D eigenvalue weighted by Crippen LogP contribution is 1.89. The van der Waals surface area contributed by atoms with Crippen LogP contribution in [-0.4, -0.2) is 25.2 Å². The van der Waals surface area contributed by atoms with E-state index in [0.717, 1.165) is 13.1 Å². The van der Waals surface area contributed by atoms with Gasteiger partial charge in [-0.2, -0.15) is 0 Å². The maximum absolute atomic E-state index is 3.37. The fraction of sp³-hybridized carbons (Fsp3) is 1.00. The Labute approximate surface area is 64.4 Å². The molecule has 1 heterocycles. The summed E-state index contributed by atoms with van der Waals surface area (Å²) in [5.41, 5.74) is 0. The van der Waals surface area contributed by atoms with Crippen molar-refractivity contribution in [2.75, 3.05) is 13.1 Å². The van der Waals surface area contributed by atoms with Crippen molar-refractivity contribution >= 4 is 0 Å². The molecule has 2 nitrogen and oxygen atoms in total. The lowest BCUT2D eigenvalue weighted by Gasteiger charge is -2.26. The lowest BCUT2D eigenvalue weighted by Crippen LogP contribution is -2.51. The van der Waals surface area contributed by atoms with E-state index in [1.807, 2.05) is 13.8 Å². The van der Waals surface area contributed by atoms with Crippen LogP contribution in [0.25, 0.3) is 0 Å². The smallest absolute Gasteiger partial charge is 0.0164 e. The summed E-state index contributed by atoms with van der Waals surface area (Å²) in [5.74, 6) is 0. The van der Waals surface area contributed by atoms with Gasteiger partial charge >= 0.3 is 0 Å². The number of rotatable bonds is 0. The van der Waals surface area contributed by atoms with Gasteiger partial charge in [-0.15, -0.1) is 0 Å². The Balaban J connectivity index is 0.000000371. The fourth-order valence-electron chi connectivity index (χ4n) is 0.900. The quantitative estimate of drug-likeness (QED) is 0.529. The van der Waals surface area contributed by atoms with E-state index in [0.29, 0.717) is 12.1 Å². The third-order valence-corrected chi connectivity index (χ3v) is 1.54. The summed E-state index contributed by atoms with van der Waals surface area (Å²) < 4.78 is 0. The molecule has 0 aromatic rings. The van der Waals surface area contributed by atoms with E-state index in [1.165, 1.54) is 0 Å². The Morgan fingerprint density at radius 3 is 1.40 bits per heavy atom. The molecule has 2 atom stereocenters. The van der Waals surface area contributed by atoms with E-state index in [9.17, 15) is 0 Å². The number of nitrogens with one attached hydrogen (secondary N) is 2. The Morgan fingerprint density at radius 2 is 1.20 bits per heavy atom. The highest BCUT2D eigenvalue weighted by molar-refractivity contribution is 4.76. The molecule has 2 heteroatoms. The molecule has 2 unspecified atom stereocenters. The van der Waals surface area contributed by atoms with Crippen LogP contribution in [0.5, 0.6) is 0 Å². The lowest BCUT2D eigenvalue weighted by atomic mass is 10.2. The third kappa shape index (κ3) is 3.85. The van der Waals surface area contributed by atoms with Crippen LogP contribution in [0.2, 0.25) is 0 Å². The van der Waals surface area contributed by atoms with Crippen LogP contribution < -0.4 is 10.6 Å². The predicted octanol–water partition coefficient (Wildman–Crippen LogP) is 0.982. The van der Waals surface area contributed by atoms with Crippen molar-refractivity contribution in [2.45, 2.75) is 39.8 Å². The molecule has 0 bridgehead atoms. The number of piperazine rings is 1. The van der Waals surface area contributed by atoms with Gasteiger partial charge in [-0.3, -0.25) is 0 Å². The highest BCUT2D eigenvalue weighted by atomic mass is 15.1. The average molecular weight is 144 g/mol. The molecular formula is C8H20N2. The summed E-state index contributed by atoms with van der Waals surface area (Å²) in [6.45, 7) is 10.6. The molecule has 1 aliphatic rings. The first-order chi connectivity index (χ1) is 4.79. The zero-order valence-corrected chi connectivity index (χ0v) is 7.57. The molecule has 0 aromatic heterocycles. The van der Waals surface area contributed by atoms with E-state index in [1.54, 1.807) is 0 Å². The first-order valence-electron chi connectivity index (χ1n) is 4.26. The lowest BCUT2D eigenvalue weighted by molar-refractivity contribution is 0.376. The third-order valence-electron chi connectivity index (χ3n) is 1.54. The molecule has 1 fully saturated rings. The van der Waals surface area contributed by atoms with Crippen molar-refractivity contribution in [3.63, 3.8) is 0 Å². The van der Waals surface area contributed by atoms with E-state index < -0.39 is 0 Å². The molecule has 0 saturated carbocycles. The molecule has 0 radical (unpaired) electrons. The number of hydrogen-bond donors (Lipinski definition) is 2. The Hall–Kier alpha value is -0.0800. The van der Waals surface area contributed by atoms with Crippen molar-refractivity contribution in [1.82, 2.24) is 10.6 Å². The molecule has 1 aliphatic heterocycles. The largest absolute Gasteiger partial charge is 0.311 e. The van der Waals surface area contributed by atoms with E-state index >= 15 is 0 Å². The van der Waals surface area contributed by atoms with Crippen molar-refractivity contribution in [1.29, 1.82) is 0 Å². The zero-order valence-electron chi connectivity index (χ0n) is 7.57. The maximum Gasteiger partial charge on any atom is 0.0164 e. The molecule has 0 spiro atoms. The van der Waals surface area contributed by atoms with E-state index in [4.69, 9.17) is 0 Å². The average Bonchev–Trinajstić information content (AvgIpc) is 2.00. The first kappa shape index (κ1) is 9.92. The highest BCUT2D eigenvalue weighted by Gasteiger charge is 2.10. The van der Waals surface area contributed by atoms with Gasteiger partial charge in [0.05, 0.1) is 0 Å². The first-order valence-corrected chi connectivity index (χ1v) is 4.26. The molecule has 1 saturated heterocycles. The second-order valence-corrected chi connectivity index (χ2v) is 2.62. The Morgan fingerprint density at radius 1 is 0.900 bits per heavy atom. The number of hydrogen-bond acceptors (Lipinski definition) is 2. The van der Waals surface area contributed by atoms with Crippen molar-refractivity contribution in [3.8, 4) is 0 Å². The van der Waals surface area contributed by atoms with Crippen molar-refractivity contribution in [3.05, 3.63) is 0 Å². The van der Waals surface area contributed by atoms with E-state index in [2.05, 4.69) is 24.5 Å². The minimum absolute atomic E-state index is 0.659. The van der Waals surface area contributed by atoms with Crippen molar-refractivity contribution < 1.29 is 0 Å². The fourth-order valence-corrected chi connectivity index (χ4v) is 0.900. The molecule has 62 valence electrons. The van der Waals surface area contributed by atoms with Gasteiger partial charge < -0.3 is 10.6 Å². The molecule has 0 aliphatic carbocycles. The van der Waals surface area contributed by atoms with Gasteiger partial charge in [0.25, 0.3) is 0 Å². The predicted molar refractivity (Wildman–Crippen MR) is 46.3 cm³/mol. The van der Waals surface area contributed by atoms with Crippen molar-refractivity contribution in [2.24, 2.45) is 0 Å². The monoisotopic (exact) mass is 144 g/mol. The SMILES string of the molecule is CC.CC1CNC(C)CN1. The topological polar surface area (TPSA) is 24.1 Å². The van der Waals surface area contributed by atoms with Crippen LogP contribution in [0.3, 0.4) is 0 Å². The van der Waals surface area contributed by atoms with Crippen LogP contribution in [-0.2, 0) is 0 Å². The molecule has 10 heavy (non-hydrogen) atoms. The van der Waals surface area contributed by atoms with Gasteiger partial charge in [-0.1, -0.05) is 13.8 Å². The Kier molecular flexibility index (Phi) is 5.64. The van der Waals surface area contributed by atoms with Crippen LogP contribution in [0, 0.1) is 0 Å². The van der Waals surface area contributed by atoms with Crippen LogP contribution in [0.4, 0.5) is 0 Å². The summed E-state index contributed by atoms with van der Waals surface area (Å²) in [6.07, 6.45) is 0. The van der Waals surface area contributed by atoms with Gasteiger partial charge in [-0.25, -0.2) is 0 Å². The molecule has 0 aromatic carbocycles. The van der Waals surface area contributed by atoms with Gasteiger partial charge in [0, 0.05) is 25.2 Å². The molecule has 1 rings (SSSR count).